The van der Waals surface area contributed by atoms with Gasteiger partial charge in [-0.2, -0.15) is 0 Å². The van der Waals surface area contributed by atoms with E-state index in [9.17, 15) is 13.2 Å². The number of nitrogens with one attached hydrogen (secondary N) is 1. The van der Waals surface area contributed by atoms with Crippen LogP contribution in [0.4, 0.5) is 0 Å². The second-order valence-corrected chi connectivity index (χ2v) is 6.27. The molecule has 0 heterocycles. The van der Waals surface area contributed by atoms with Crippen LogP contribution in [0.2, 0.25) is 0 Å². The fraction of sp³-hybridized carbons (Fsp3) is 0.875. The Morgan fingerprint density at radius 3 is 2.33 bits per heavy atom. The van der Waals surface area contributed by atoms with E-state index in [1.807, 2.05) is 25.7 Å². The maximum Gasteiger partial charge on any atom is 0.245 e. The van der Waals surface area contributed by atoms with Gasteiger partial charge in [-0.15, -0.1) is 0 Å². The first-order valence-corrected chi connectivity index (χ1v) is 6.17. The molecule has 0 saturated carbocycles. The molecule has 0 unspecified atom stereocenters. The molecule has 3 N–H and O–H groups in total. The van der Waals surface area contributed by atoms with Crippen molar-refractivity contribution in [2.75, 3.05) is 12.4 Å². The second kappa shape index (κ2) is 5.43. The molecule has 0 atom stereocenters. The second-order valence-electron chi connectivity index (χ2n) is 4.47. The van der Waals surface area contributed by atoms with Crippen molar-refractivity contribution in [2.24, 2.45) is 11.1 Å². The Bertz CT molecular complexity index is 305. The minimum absolute atomic E-state index is 0.0464. The van der Waals surface area contributed by atoms with Gasteiger partial charge < -0.3 is 5.73 Å². The molecule has 90 valence electrons. The number of primary amides is 1. The molecule has 0 bridgehead atoms. The SMILES string of the molecule is CC(C)(C)CCS(=O)(=O)NOCC(N)=O. The van der Waals surface area contributed by atoms with Gasteiger partial charge in [-0.25, -0.2) is 8.42 Å². The molecule has 6 nitrogen and oxygen atoms in total. The summed E-state index contributed by atoms with van der Waals surface area (Å²) in [5.41, 5.74) is 4.70. The highest BCUT2D eigenvalue weighted by Gasteiger charge is 2.17. The van der Waals surface area contributed by atoms with E-state index in [4.69, 9.17) is 5.73 Å². The summed E-state index contributed by atoms with van der Waals surface area (Å²) in [6.07, 6.45) is 0.502. The first-order valence-electron chi connectivity index (χ1n) is 4.52. The van der Waals surface area contributed by atoms with Crippen LogP contribution < -0.4 is 10.6 Å². The maximum absolute atomic E-state index is 11.3. The minimum atomic E-state index is -3.49. The number of hydrogen-bond acceptors (Lipinski definition) is 4. The highest BCUT2D eigenvalue weighted by Crippen LogP contribution is 2.18. The monoisotopic (exact) mass is 238 g/mol. The summed E-state index contributed by atoms with van der Waals surface area (Å²) in [6, 6.07) is 0. The van der Waals surface area contributed by atoms with Gasteiger partial charge in [0.2, 0.25) is 15.9 Å². The number of sulfonamides is 1. The Hall–Kier alpha value is -0.660. The molecule has 0 spiro atoms. The Morgan fingerprint density at radius 2 is 1.93 bits per heavy atom. The van der Waals surface area contributed by atoms with E-state index < -0.39 is 22.5 Å². The van der Waals surface area contributed by atoms with Gasteiger partial charge in [0, 0.05) is 0 Å². The molecule has 0 aliphatic heterocycles. The summed E-state index contributed by atoms with van der Waals surface area (Å²) in [5, 5.41) is 0. The zero-order valence-electron chi connectivity index (χ0n) is 9.24. The molecule has 0 aromatic heterocycles. The fourth-order valence-corrected chi connectivity index (χ4v) is 1.88. The maximum atomic E-state index is 11.3. The predicted molar refractivity (Wildman–Crippen MR) is 56.1 cm³/mol. The Labute approximate surface area is 90.2 Å². The van der Waals surface area contributed by atoms with Gasteiger partial charge in [-0.1, -0.05) is 25.7 Å². The lowest BCUT2D eigenvalue weighted by molar-refractivity contribution is -0.123. The van der Waals surface area contributed by atoms with E-state index in [1.165, 1.54) is 0 Å². The molecule has 0 aliphatic carbocycles. The van der Waals surface area contributed by atoms with E-state index in [0.29, 0.717) is 6.42 Å². The molecule has 0 rings (SSSR count). The molecule has 0 radical (unpaired) electrons. The number of rotatable bonds is 6. The van der Waals surface area contributed by atoms with Crippen LogP contribution in [-0.2, 0) is 19.7 Å². The van der Waals surface area contributed by atoms with Gasteiger partial charge in [0.25, 0.3) is 0 Å². The lowest BCUT2D eigenvalue weighted by Crippen LogP contribution is -2.32. The minimum Gasteiger partial charge on any atom is -0.368 e. The zero-order valence-corrected chi connectivity index (χ0v) is 10.1. The van der Waals surface area contributed by atoms with Crippen molar-refractivity contribution in [2.45, 2.75) is 27.2 Å². The summed E-state index contributed by atoms with van der Waals surface area (Å²) in [5.74, 6) is -0.775. The van der Waals surface area contributed by atoms with Crippen LogP contribution in [0.5, 0.6) is 0 Å². The lowest BCUT2D eigenvalue weighted by Gasteiger charge is -2.17. The molecule has 0 aromatic carbocycles. The van der Waals surface area contributed by atoms with Crippen molar-refractivity contribution >= 4 is 15.9 Å². The number of carbonyl (C=O) groups excluding carboxylic acids is 1. The van der Waals surface area contributed by atoms with Crippen LogP contribution in [0, 0.1) is 5.41 Å². The van der Waals surface area contributed by atoms with Crippen LogP contribution in [0.15, 0.2) is 0 Å². The predicted octanol–water partition coefficient (Wildman–Crippen LogP) is -0.241. The number of hydrogen-bond donors (Lipinski definition) is 2. The van der Waals surface area contributed by atoms with E-state index >= 15 is 0 Å². The van der Waals surface area contributed by atoms with Crippen molar-refractivity contribution in [1.82, 2.24) is 4.89 Å². The number of nitrogens with two attached hydrogens (primary N) is 1. The van der Waals surface area contributed by atoms with Gasteiger partial charge in [0.1, 0.15) is 6.61 Å². The van der Waals surface area contributed by atoms with Crippen LogP contribution in [0.1, 0.15) is 27.2 Å². The largest absolute Gasteiger partial charge is 0.368 e. The van der Waals surface area contributed by atoms with Crippen LogP contribution in [-0.4, -0.2) is 26.7 Å². The molecule has 0 fully saturated rings. The lowest BCUT2D eigenvalue weighted by atomic mass is 9.94. The normalized spacial score (nSPS) is 12.7. The third-order valence-corrected chi connectivity index (χ3v) is 2.63. The molecule has 1 amide bonds. The van der Waals surface area contributed by atoms with Crippen molar-refractivity contribution in [1.29, 1.82) is 0 Å². The smallest absolute Gasteiger partial charge is 0.245 e. The Balaban J connectivity index is 3.94. The Kier molecular flexibility index (Phi) is 5.19. The van der Waals surface area contributed by atoms with E-state index in [-0.39, 0.29) is 11.2 Å². The summed E-state index contributed by atoms with van der Waals surface area (Å²) in [4.78, 5) is 16.5. The van der Waals surface area contributed by atoms with Crippen molar-refractivity contribution in [3.63, 3.8) is 0 Å². The topological polar surface area (TPSA) is 98.5 Å². The van der Waals surface area contributed by atoms with E-state index in [0.717, 1.165) is 0 Å². The molecule has 15 heavy (non-hydrogen) atoms. The van der Waals surface area contributed by atoms with E-state index in [1.54, 1.807) is 0 Å². The third-order valence-electron chi connectivity index (χ3n) is 1.52. The average molecular weight is 238 g/mol. The van der Waals surface area contributed by atoms with E-state index in [2.05, 4.69) is 4.84 Å². The van der Waals surface area contributed by atoms with Gasteiger partial charge in [-0.05, 0) is 11.8 Å². The Morgan fingerprint density at radius 1 is 1.40 bits per heavy atom. The zero-order chi connectivity index (χ0) is 12.1. The average Bonchev–Trinajstić information content (AvgIpc) is 1.99. The van der Waals surface area contributed by atoms with Crippen molar-refractivity contribution < 1.29 is 18.0 Å². The number of amides is 1. The molecule has 0 aliphatic rings. The van der Waals surface area contributed by atoms with Crippen molar-refractivity contribution in [3.8, 4) is 0 Å². The molecular weight excluding hydrogens is 220 g/mol. The summed E-state index contributed by atoms with van der Waals surface area (Å²) < 4.78 is 22.5. The quantitative estimate of drug-likeness (QED) is 0.624. The first-order chi connectivity index (χ1) is 6.62. The van der Waals surface area contributed by atoms with Crippen LogP contribution in [0.3, 0.4) is 0 Å². The summed E-state index contributed by atoms with van der Waals surface area (Å²) >= 11 is 0. The third kappa shape index (κ3) is 9.64. The van der Waals surface area contributed by atoms with Gasteiger partial charge in [0.05, 0.1) is 5.75 Å². The summed E-state index contributed by atoms with van der Waals surface area (Å²) in [7, 11) is -3.49. The molecule has 0 saturated heterocycles. The van der Waals surface area contributed by atoms with Crippen molar-refractivity contribution in [3.05, 3.63) is 0 Å². The molecule has 0 aromatic rings. The molecule has 7 heteroatoms. The first kappa shape index (κ1) is 14.3. The van der Waals surface area contributed by atoms with Crippen LogP contribution in [0.25, 0.3) is 0 Å². The van der Waals surface area contributed by atoms with Gasteiger partial charge in [-0.3, -0.25) is 9.63 Å². The fourth-order valence-electron chi connectivity index (χ4n) is 0.673. The van der Waals surface area contributed by atoms with Gasteiger partial charge >= 0.3 is 0 Å². The summed E-state index contributed by atoms with van der Waals surface area (Å²) in [6.45, 7) is 5.35. The standard InChI is InChI=1S/C8H18N2O4S/c1-8(2,3)4-5-15(12,13)10-14-6-7(9)11/h10H,4-6H2,1-3H3,(H2,9,11). The number of carbonyl (C=O) groups is 1. The van der Waals surface area contributed by atoms with Gasteiger partial charge in [0.15, 0.2) is 0 Å². The highest BCUT2D eigenvalue weighted by molar-refractivity contribution is 7.89. The molecular formula is C8H18N2O4S. The highest BCUT2D eigenvalue weighted by atomic mass is 32.2. The van der Waals surface area contributed by atoms with Crippen LogP contribution >= 0.6 is 0 Å².